The summed E-state index contributed by atoms with van der Waals surface area (Å²) in [7, 11) is 0. The highest BCUT2D eigenvalue weighted by Crippen LogP contribution is 2.32. The molecule has 0 unspecified atom stereocenters. The third-order valence-electron chi connectivity index (χ3n) is 6.27. The van der Waals surface area contributed by atoms with E-state index in [1.807, 2.05) is 6.92 Å². The van der Waals surface area contributed by atoms with E-state index in [0.717, 1.165) is 47.7 Å². The predicted molar refractivity (Wildman–Crippen MR) is 111 cm³/mol. The number of guanidine groups is 1. The van der Waals surface area contributed by atoms with Crippen LogP contribution in [0.1, 0.15) is 44.4 Å². The molecule has 3 atom stereocenters. The molecule has 0 bridgehead atoms. The van der Waals surface area contributed by atoms with Crippen molar-refractivity contribution in [1.82, 2.24) is 20.2 Å². The lowest BCUT2D eigenvalue weighted by molar-refractivity contribution is 0.0771. The van der Waals surface area contributed by atoms with Gasteiger partial charge < -0.3 is 5.32 Å². The Balaban J connectivity index is 1.46. The zero-order valence-electron chi connectivity index (χ0n) is 16.8. The van der Waals surface area contributed by atoms with Crippen molar-refractivity contribution in [2.75, 3.05) is 18.7 Å². The van der Waals surface area contributed by atoms with Crippen molar-refractivity contribution in [2.24, 2.45) is 16.8 Å². The normalized spacial score (nSPS) is 26.5. The molecular weight excluding hydrogens is 336 g/mol. The van der Waals surface area contributed by atoms with Crippen molar-refractivity contribution < 1.29 is 0 Å². The number of fused-ring (bicyclic) bond motifs is 1. The lowest BCUT2D eigenvalue weighted by Crippen LogP contribution is -2.53. The summed E-state index contributed by atoms with van der Waals surface area (Å²) in [5.74, 6) is 2.88. The molecule has 0 saturated heterocycles. The largest absolute Gasteiger partial charge is 0.343 e. The summed E-state index contributed by atoms with van der Waals surface area (Å²) in [5.41, 5.74) is 3.14. The Labute approximate surface area is 161 Å². The fourth-order valence-electron chi connectivity index (χ4n) is 4.38. The van der Waals surface area contributed by atoms with E-state index in [1.54, 1.807) is 0 Å². The Morgan fingerprint density at radius 2 is 2.00 bits per heavy atom. The van der Waals surface area contributed by atoms with Crippen LogP contribution in [0.2, 0.25) is 0 Å². The molecule has 2 heterocycles. The molecular formula is C21H30N6. The molecule has 1 aromatic carbocycles. The minimum atomic E-state index is 0.602. The van der Waals surface area contributed by atoms with Crippen molar-refractivity contribution in [3.63, 3.8) is 0 Å². The van der Waals surface area contributed by atoms with Crippen LogP contribution in [0.4, 0.5) is 5.95 Å². The number of nitrogens with zero attached hydrogens (tertiary/aromatic N) is 4. The third kappa shape index (κ3) is 3.76. The molecule has 6 nitrogen and oxygen atoms in total. The van der Waals surface area contributed by atoms with Crippen LogP contribution in [0.25, 0.3) is 10.9 Å². The summed E-state index contributed by atoms with van der Waals surface area (Å²) in [6.07, 6.45) is 3.95. The first-order valence-corrected chi connectivity index (χ1v) is 10.1. The van der Waals surface area contributed by atoms with Gasteiger partial charge in [-0.25, -0.2) is 15.0 Å². The Bertz CT molecular complexity index is 861. The topological polar surface area (TPSA) is 65.4 Å². The van der Waals surface area contributed by atoms with E-state index in [-0.39, 0.29) is 0 Å². The van der Waals surface area contributed by atoms with Gasteiger partial charge in [0.1, 0.15) is 0 Å². The van der Waals surface area contributed by atoms with E-state index in [1.165, 1.54) is 24.8 Å². The van der Waals surface area contributed by atoms with Crippen LogP contribution in [0.3, 0.4) is 0 Å². The minimum Gasteiger partial charge on any atom is -0.343 e. The quantitative estimate of drug-likeness (QED) is 0.849. The van der Waals surface area contributed by atoms with Crippen LogP contribution in [-0.2, 0) is 0 Å². The second-order valence-corrected chi connectivity index (χ2v) is 8.18. The summed E-state index contributed by atoms with van der Waals surface area (Å²) in [5, 5.41) is 7.77. The van der Waals surface area contributed by atoms with Crippen LogP contribution >= 0.6 is 0 Å². The second kappa shape index (κ2) is 7.43. The average molecular weight is 367 g/mol. The van der Waals surface area contributed by atoms with Crippen LogP contribution in [0, 0.1) is 25.7 Å². The van der Waals surface area contributed by atoms with E-state index < -0.39 is 0 Å². The molecule has 1 aromatic heterocycles. The van der Waals surface area contributed by atoms with Gasteiger partial charge in [0, 0.05) is 11.4 Å². The van der Waals surface area contributed by atoms with Crippen LogP contribution in [0.5, 0.6) is 0 Å². The third-order valence-corrected chi connectivity index (χ3v) is 6.27. The predicted octanol–water partition coefficient (Wildman–Crippen LogP) is 3.66. The van der Waals surface area contributed by atoms with E-state index in [2.05, 4.69) is 64.5 Å². The number of aliphatic imine (C=N–C) groups is 1. The Kier molecular flexibility index (Phi) is 5.00. The minimum absolute atomic E-state index is 0.602. The Hall–Kier alpha value is -2.21. The molecule has 1 fully saturated rings. The first-order chi connectivity index (χ1) is 13.0. The van der Waals surface area contributed by atoms with Gasteiger partial charge in [-0.05, 0) is 43.7 Å². The molecule has 2 aliphatic rings. The van der Waals surface area contributed by atoms with E-state index in [0.29, 0.717) is 12.0 Å². The van der Waals surface area contributed by atoms with E-state index >= 15 is 0 Å². The molecule has 2 N–H and O–H groups in total. The van der Waals surface area contributed by atoms with Gasteiger partial charge in [-0.2, -0.15) is 0 Å². The summed E-state index contributed by atoms with van der Waals surface area (Å²) < 4.78 is 0. The number of anilines is 1. The van der Waals surface area contributed by atoms with Gasteiger partial charge in [0.15, 0.2) is 0 Å². The molecule has 1 aliphatic heterocycles. The molecule has 0 radical (unpaired) electrons. The standard InChI is InChI=1S/C21H30N6/c1-13-8-9-17-16(4)24-21(25-18(17)10-13)26-20-22-11-27(12-23-20)19-7-5-6-14(2)15(19)3/h8-10,14-15,19H,5-7,11-12H2,1-4H3,(H2,22,23,24,25,26)/t14-,15+,19+/m1/s1. The van der Waals surface area contributed by atoms with Gasteiger partial charge in [0.25, 0.3) is 0 Å². The summed E-state index contributed by atoms with van der Waals surface area (Å²) in [4.78, 5) is 16.4. The number of benzene rings is 1. The lowest BCUT2D eigenvalue weighted by atomic mass is 9.77. The maximum Gasteiger partial charge on any atom is 0.230 e. The van der Waals surface area contributed by atoms with Crippen LogP contribution < -0.4 is 10.6 Å². The van der Waals surface area contributed by atoms with Gasteiger partial charge in [-0.1, -0.05) is 38.8 Å². The molecule has 144 valence electrons. The maximum absolute atomic E-state index is 4.71. The van der Waals surface area contributed by atoms with Gasteiger partial charge in [0.05, 0.1) is 24.5 Å². The fourth-order valence-corrected chi connectivity index (χ4v) is 4.38. The van der Waals surface area contributed by atoms with Gasteiger partial charge in [-0.15, -0.1) is 0 Å². The van der Waals surface area contributed by atoms with Crippen molar-refractivity contribution in [3.8, 4) is 0 Å². The molecule has 0 spiro atoms. The molecule has 0 amide bonds. The average Bonchev–Trinajstić information content (AvgIpc) is 2.64. The zero-order chi connectivity index (χ0) is 19.0. The monoisotopic (exact) mass is 366 g/mol. The molecule has 27 heavy (non-hydrogen) atoms. The fraction of sp³-hybridized carbons (Fsp3) is 0.571. The van der Waals surface area contributed by atoms with Gasteiger partial charge in [0.2, 0.25) is 11.9 Å². The van der Waals surface area contributed by atoms with Gasteiger partial charge in [-0.3, -0.25) is 10.2 Å². The number of nitrogens with one attached hydrogen (secondary N) is 2. The molecule has 1 saturated carbocycles. The Morgan fingerprint density at radius 1 is 1.15 bits per heavy atom. The smallest absolute Gasteiger partial charge is 0.230 e. The van der Waals surface area contributed by atoms with Crippen molar-refractivity contribution in [1.29, 1.82) is 0 Å². The maximum atomic E-state index is 4.71. The first-order valence-electron chi connectivity index (χ1n) is 10.1. The summed E-state index contributed by atoms with van der Waals surface area (Å²) in [6, 6.07) is 6.90. The number of hydrogen-bond donors (Lipinski definition) is 2. The lowest BCUT2D eigenvalue weighted by Gasteiger charge is -2.42. The molecule has 4 rings (SSSR count). The van der Waals surface area contributed by atoms with Crippen molar-refractivity contribution in [2.45, 2.75) is 53.0 Å². The van der Waals surface area contributed by atoms with Crippen molar-refractivity contribution >= 4 is 22.8 Å². The number of aryl methyl sites for hydroxylation is 2. The number of hydrogen-bond acceptors (Lipinski definition) is 6. The molecule has 6 heteroatoms. The van der Waals surface area contributed by atoms with E-state index in [4.69, 9.17) is 4.99 Å². The van der Waals surface area contributed by atoms with Crippen molar-refractivity contribution in [3.05, 3.63) is 29.5 Å². The first kappa shape index (κ1) is 18.2. The van der Waals surface area contributed by atoms with E-state index in [9.17, 15) is 0 Å². The molecule has 1 aliphatic carbocycles. The SMILES string of the molecule is Cc1ccc2c(C)nc(NC3=NCN([C@H]4CCC[C@@H](C)[C@@H]4C)CN3)nc2c1. The summed E-state index contributed by atoms with van der Waals surface area (Å²) >= 11 is 0. The highest BCUT2D eigenvalue weighted by atomic mass is 15.4. The number of rotatable bonds is 2. The number of aromatic nitrogens is 2. The Morgan fingerprint density at radius 3 is 2.78 bits per heavy atom. The molecule has 2 aromatic rings. The van der Waals surface area contributed by atoms with Gasteiger partial charge >= 0.3 is 0 Å². The van der Waals surface area contributed by atoms with Crippen LogP contribution in [-0.4, -0.2) is 40.2 Å². The van der Waals surface area contributed by atoms with Crippen LogP contribution in [0.15, 0.2) is 23.2 Å². The highest BCUT2D eigenvalue weighted by Gasteiger charge is 2.32. The second-order valence-electron chi connectivity index (χ2n) is 8.18. The summed E-state index contributed by atoms with van der Waals surface area (Å²) in [6.45, 7) is 10.4. The zero-order valence-corrected chi connectivity index (χ0v) is 16.8. The highest BCUT2D eigenvalue weighted by molar-refractivity contribution is 5.93.